The van der Waals surface area contributed by atoms with Crippen LogP contribution in [0.3, 0.4) is 0 Å². The number of thiocarbonyl (C=S) groups is 1. The lowest BCUT2D eigenvalue weighted by Crippen LogP contribution is -2.37. The van der Waals surface area contributed by atoms with E-state index in [2.05, 4.69) is 26.6 Å². The highest BCUT2D eigenvalue weighted by molar-refractivity contribution is 9.10. The highest BCUT2D eigenvalue weighted by atomic mass is 79.9. The molecule has 178 valence electrons. The van der Waals surface area contributed by atoms with Crippen LogP contribution in [0.2, 0.25) is 0 Å². The first kappa shape index (κ1) is 25.8. The largest absolute Gasteiger partial charge is 0.483 e. The van der Waals surface area contributed by atoms with Crippen molar-refractivity contribution >= 4 is 54.9 Å². The Morgan fingerprint density at radius 3 is 2.38 bits per heavy atom. The zero-order chi connectivity index (χ0) is 24.7. The third kappa shape index (κ3) is 7.10. The summed E-state index contributed by atoms with van der Waals surface area (Å²) < 4.78 is 33.5. The molecule has 0 atom stereocenters. The summed E-state index contributed by atoms with van der Waals surface area (Å²) in [6, 6.07) is 21.0. The Labute approximate surface area is 213 Å². The van der Waals surface area contributed by atoms with Crippen LogP contribution in [0.1, 0.15) is 11.1 Å². The fraction of sp³-hybridized carbons (Fsp3) is 0.167. The molecule has 10 heteroatoms. The van der Waals surface area contributed by atoms with Crippen LogP contribution in [-0.4, -0.2) is 37.4 Å². The number of nitrogens with zero attached hydrogens (tertiary/aromatic N) is 1. The molecule has 0 aliphatic heterocycles. The monoisotopic (exact) mass is 561 g/mol. The standard InChI is InChI=1S/C24H24BrN3O4S2/c1-17-14-19(25)8-13-22(17)32-16-23(29)27-24(33)26-20-9-11-21(12-10-20)34(30,31)28(2)15-18-6-4-3-5-7-18/h3-14H,15-16H2,1-2H3,(H2,26,27,29,33). The quantitative estimate of drug-likeness (QED) is 0.394. The molecule has 0 unspecified atom stereocenters. The van der Waals surface area contributed by atoms with E-state index in [1.54, 1.807) is 18.2 Å². The van der Waals surface area contributed by atoms with Crippen molar-refractivity contribution in [2.75, 3.05) is 19.0 Å². The van der Waals surface area contributed by atoms with E-state index < -0.39 is 15.9 Å². The predicted octanol–water partition coefficient (Wildman–Crippen LogP) is 4.47. The maximum atomic E-state index is 12.9. The molecule has 0 heterocycles. The van der Waals surface area contributed by atoms with Gasteiger partial charge in [-0.15, -0.1) is 0 Å². The second kappa shape index (κ2) is 11.6. The van der Waals surface area contributed by atoms with Gasteiger partial charge in [0.2, 0.25) is 10.0 Å². The van der Waals surface area contributed by atoms with Crippen molar-refractivity contribution in [2.45, 2.75) is 18.4 Å². The van der Waals surface area contributed by atoms with E-state index in [0.717, 1.165) is 15.6 Å². The first-order valence-corrected chi connectivity index (χ1v) is 12.9. The molecule has 3 aromatic carbocycles. The lowest BCUT2D eigenvalue weighted by atomic mass is 10.2. The van der Waals surface area contributed by atoms with E-state index in [-0.39, 0.29) is 23.2 Å². The SMILES string of the molecule is Cc1cc(Br)ccc1OCC(=O)NC(=S)Nc1ccc(S(=O)(=O)N(C)Cc2ccccc2)cc1. The second-order valence-electron chi connectivity index (χ2n) is 7.47. The predicted molar refractivity (Wildman–Crippen MR) is 140 cm³/mol. The topological polar surface area (TPSA) is 87.7 Å². The molecule has 0 radical (unpaired) electrons. The maximum absolute atomic E-state index is 12.9. The zero-order valence-electron chi connectivity index (χ0n) is 18.6. The number of sulfonamides is 1. The smallest absolute Gasteiger partial charge is 0.264 e. The van der Waals surface area contributed by atoms with Crippen LogP contribution in [0.25, 0.3) is 0 Å². The highest BCUT2D eigenvalue weighted by Gasteiger charge is 2.21. The van der Waals surface area contributed by atoms with Gasteiger partial charge in [0.15, 0.2) is 11.7 Å². The van der Waals surface area contributed by atoms with Crippen molar-refractivity contribution in [2.24, 2.45) is 0 Å². The molecule has 2 N–H and O–H groups in total. The van der Waals surface area contributed by atoms with Crippen molar-refractivity contribution in [1.82, 2.24) is 9.62 Å². The summed E-state index contributed by atoms with van der Waals surface area (Å²) in [6.45, 7) is 1.95. The lowest BCUT2D eigenvalue weighted by Gasteiger charge is -2.18. The summed E-state index contributed by atoms with van der Waals surface area (Å²) in [7, 11) is -2.12. The Kier molecular flexibility index (Phi) is 8.78. The van der Waals surface area contributed by atoms with Crippen molar-refractivity contribution in [3.63, 3.8) is 0 Å². The molecule has 0 spiro atoms. The molecule has 34 heavy (non-hydrogen) atoms. The van der Waals surface area contributed by atoms with Crippen LogP contribution in [0.5, 0.6) is 5.75 Å². The van der Waals surface area contributed by atoms with Gasteiger partial charge in [0.05, 0.1) is 4.90 Å². The third-order valence-corrected chi connectivity index (χ3v) is 7.33. The van der Waals surface area contributed by atoms with Crippen molar-refractivity contribution < 1.29 is 17.9 Å². The normalized spacial score (nSPS) is 11.2. The Bertz CT molecular complexity index is 1270. The first-order chi connectivity index (χ1) is 16.1. The molecule has 3 aromatic rings. The van der Waals surface area contributed by atoms with E-state index in [9.17, 15) is 13.2 Å². The Hall–Kier alpha value is -2.79. The number of amides is 1. The van der Waals surface area contributed by atoms with Gasteiger partial charge in [-0.3, -0.25) is 10.1 Å². The van der Waals surface area contributed by atoms with Crippen LogP contribution in [-0.2, 0) is 21.4 Å². The van der Waals surface area contributed by atoms with Gasteiger partial charge in [-0.05, 0) is 72.7 Å². The van der Waals surface area contributed by atoms with Crippen LogP contribution < -0.4 is 15.4 Å². The number of carbonyl (C=O) groups excluding carboxylic acids is 1. The summed E-state index contributed by atoms with van der Waals surface area (Å²) in [5, 5.41) is 5.49. The maximum Gasteiger partial charge on any atom is 0.264 e. The van der Waals surface area contributed by atoms with Gasteiger partial charge < -0.3 is 10.1 Å². The molecular formula is C24H24BrN3O4S2. The summed E-state index contributed by atoms with van der Waals surface area (Å²) >= 11 is 8.56. The number of rotatable bonds is 8. The molecule has 7 nitrogen and oxygen atoms in total. The van der Waals surface area contributed by atoms with Crippen molar-refractivity contribution in [3.05, 3.63) is 88.4 Å². The summed E-state index contributed by atoms with van der Waals surface area (Å²) in [6.07, 6.45) is 0. The molecule has 0 aliphatic rings. The van der Waals surface area contributed by atoms with Gasteiger partial charge in [-0.2, -0.15) is 4.31 Å². The number of hydrogen-bond acceptors (Lipinski definition) is 5. The highest BCUT2D eigenvalue weighted by Crippen LogP contribution is 2.22. The second-order valence-corrected chi connectivity index (χ2v) is 10.8. The minimum atomic E-state index is -3.66. The van der Waals surface area contributed by atoms with Crippen molar-refractivity contribution in [3.8, 4) is 5.75 Å². The van der Waals surface area contributed by atoms with Gasteiger partial charge >= 0.3 is 0 Å². The summed E-state index contributed by atoms with van der Waals surface area (Å²) in [4.78, 5) is 12.3. The minimum Gasteiger partial charge on any atom is -0.483 e. The Morgan fingerprint density at radius 1 is 1.06 bits per heavy atom. The minimum absolute atomic E-state index is 0.0814. The molecule has 0 saturated carbocycles. The van der Waals surface area contributed by atoms with E-state index >= 15 is 0 Å². The molecular weight excluding hydrogens is 538 g/mol. The fourth-order valence-electron chi connectivity index (χ4n) is 3.06. The Balaban J connectivity index is 1.53. The third-order valence-electron chi connectivity index (χ3n) is 4.82. The summed E-state index contributed by atoms with van der Waals surface area (Å²) in [5.41, 5.74) is 2.33. The van der Waals surface area contributed by atoms with Crippen LogP contribution in [0.4, 0.5) is 5.69 Å². The van der Waals surface area contributed by atoms with E-state index in [4.69, 9.17) is 17.0 Å². The fourth-order valence-corrected chi connectivity index (χ4v) is 4.92. The molecule has 0 saturated heterocycles. The first-order valence-electron chi connectivity index (χ1n) is 10.3. The number of hydrogen-bond donors (Lipinski definition) is 2. The van der Waals surface area contributed by atoms with Gasteiger partial charge in [0, 0.05) is 23.8 Å². The molecule has 0 aromatic heterocycles. The molecule has 1 amide bonds. The number of halogens is 1. The number of aryl methyl sites for hydroxylation is 1. The zero-order valence-corrected chi connectivity index (χ0v) is 21.8. The molecule has 0 bridgehead atoms. The molecule has 0 aliphatic carbocycles. The average molecular weight is 563 g/mol. The lowest BCUT2D eigenvalue weighted by molar-refractivity contribution is -0.121. The van der Waals surface area contributed by atoms with E-state index in [1.165, 1.54) is 23.5 Å². The van der Waals surface area contributed by atoms with Gasteiger partial charge in [-0.1, -0.05) is 46.3 Å². The Morgan fingerprint density at radius 2 is 1.74 bits per heavy atom. The van der Waals surface area contributed by atoms with Crippen LogP contribution >= 0.6 is 28.1 Å². The molecule has 3 rings (SSSR count). The van der Waals surface area contributed by atoms with Gasteiger partial charge in [-0.25, -0.2) is 8.42 Å². The molecule has 0 fully saturated rings. The van der Waals surface area contributed by atoms with E-state index in [1.807, 2.05) is 49.4 Å². The van der Waals surface area contributed by atoms with E-state index in [0.29, 0.717) is 11.4 Å². The number of benzene rings is 3. The van der Waals surface area contributed by atoms with Gasteiger partial charge in [0.25, 0.3) is 5.91 Å². The average Bonchev–Trinajstić information content (AvgIpc) is 2.79. The van der Waals surface area contributed by atoms with Crippen LogP contribution in [0, 0.1) is 6.92 Å². The number of carbonyl (C=O) groups is 1. The summed E-state index contributed by atoms with van der Waals surface area (Å²) in [5.74, 6) is 0.188. The number of ether oxygens (including phenoxy) is 1. The van der Waals surface area contributed by atoms with Gasteiger partial charge in [0.1, 0.15) is 5.75 Å². The number of anilines is 1. The number of nitrogens with one attached hydrogen (secondary N) is 2. The van der Waals surface area contributed by atoms with Crippen molar-refractivity contribution in [1.29, 1.82) is 0 Å². The van der Waals surface area contributed by atoms with Crippen LogP contribution in [0.15, 0.2) is 82.2 Å².